The van der Waals surface area contributed by atoms with Gasteiger partial charge in [-0.05, 0) is 19.4 Å². The monoisotopic (exact) mass is 262 g/mol. The topological polar surface area (TPSA) is 101 Å². The van der Waals surface area contributed by atoms with Gasteiger partial charge in [-0.2, -0.15) is 10.2 Å². The van der Waals surface area contributed by atoms with Gasteiger partial charge in [0.25, 0.3) is 12.8 Å². The molecule has 0 aliphatic rings. The van der Waals surface area contributed by atoms with Crippen LogP contribution in [0.15, 0.2) is 21.1 Å². The molecule has 0 atom stereocenters. The first-order valence-corrected chi connectivity index (χ1v) is 5.48. The molecule has 1 N–H and O–H groups in total. The molecule has 99 valence electrons. The summed E-state index contributed by atoms with van der Waals surface area (Å²) in [6.07, 6.45) is 0. The molecule has 0 bridgehead atoms. The molecule has 7 nitrogen and oxygen atoms in total. The quantitative estimate of drug-likeness (QED) is 0.611. The number of pyridine rings is 1. The van der Waals surface area contributed by atoms with Crippen LogP contribution in [0.1, 0.15) is 12.5 Å². The number of carbonyl (C=O) groups excluding carboxylic acids is 2. The summed E-state index contributed by atoms with van der Waals surface area (Å²) in [5.74, 6) is -0.444. The van der Waals surface area contributed by atoms with Gasteiger partial charge >= 0.3 is 0 Å². The summed E-state index contributed by atoms with van der Waals surface area (Å²) in [7, 11) is 2.29. The number of carbonyl (C=O) groups is 2. The molecule has 1 radical (unpaired) electrons. The predicted octanol–water partition coefficient (Wildman–Crippen LogP) is 0.353. The fourth-order valence-electron chi connectivity index (χ4n) is 1.54. The minimum Gasteiger partial charge on any atom is -0.493 e. The molecule has 19 heavy (non-hydrogen) atoms. The summed E-state index contributed by atoms with van der Waals surface area (Å²) in [6.45, 7) is 2.40. The van der Waals surface area contributed by atoms with E-state index < -0.39 is 29.3 Å². The van der Waals surface area contributed by atoms with Crippen LogP contribution in [0.4, 0.5) is 5.69 Å². The smallest absolute Gasteiger partial charge is 0.292 e. The molecule has 0 fully saturated rings. The first kappa shape index (κ1) is 14.8. The fourth-order valence-corrected chi connectivity index (χ4v) is 1.54. The van der Waals surface area contributed by atoms with Crippen LogP contribution in [-0.2, 0) is 16.1 Å². The normalized spacial score (nSPS) is 10.7. The van der Waals surface area contributed by atoms with E-state index in [-0.39, 0.29) is 5.69 Å². The molecule has 1 aromatic heterocycles. The minimum atomic E-state index is -0.576. The summed E-state index contributed by atoms with van der Waals surface area (Å²) in [5, 5.41) is 17.2. The molecule has 0 saturated carbocycles. The van der Waals surface area contributed by atoms with Crippen LogP contribution in [0.5, 0.6) is 5.88 Å². The van der Waals surface area contributed by atoms with E-state index in [4.69, 9.17) is 0 Å². The van der Waals surface area contributed by atoms with E-state index in [1.807, 2.05) is 0 Å². The van der Waals surface area contributed by atoms with Crippen molar-refractivity contribution < 1.29 is 14.7 Å². The Morgan fingerprint density at radius 3 is 2.63 bits per heavy atom. The molecule has 0 saturated heterocycles. The lowest BCUT2D eigenvalue weighted by Crippen LogP contribution is -2.28. The first-order valence-electron chi connectivity index (χ1n) is 5.48. The molecule has 8 heteroatoms. The lowest BCUT2D eigenvalue weighted by molar-refractivity contribution is -0.114. The Labute approximate surface area is 110 Å². The molecule has 0 aliphatic carbocycles. The Morgan fingerprint density at radius 2 is 2.11 bits per heavy atom. The highest BCUT2D eigenvalue weighted by Gasteiger charge is 2.16. The lowest BCUT2D eigenvalue weighted by Gasteiger charge is -2.10. The zero-order chi connectivity index (χ0) is 14.6. The van der Waals surface area contributed by atoms with Crippen LogP contribution >= 0.6 is 0 Å². The zero-order valence-corrected chi connectivity index (χ0v) is 10.9. The summed E-state index contributed by atoms with van der Waals surface area (Å²) in [5.41, 5.74) is -0.966. The van der Waals surface area contributed by atoms with Crippen LogP contribution in [-0.4, -0.2) is 35.4 Å². The second-order valence-electron chi connectivity index (χ2n) is 3.95. The highest BCUT2D eigenvalue weighted by molar-refractivity contribution is 6.96. The molecule has 1 heterocycles. The van der Waals surface area contributed by atoms with E-state index in [2.05, 4.69) is 10.2 Å². The molecule has 0 unspecified atom stereocenters. The van der Waals surface area contributed by atoms with Crippen LogP contribution in [0, 0.1) is 6.92 Å². The molecular weight excluding hydrogens is 249 g/mol. The maximum Gasteiger partial charge on any atom is 0.292 e. The molecule has 0 aromatic carbocycles. The van der Waals surface area contributed by atoms with E-state index in [1.165, 1.54) is 20.0 Å². The third-order valence-corrected chi connectivity index (χ3v) is 2.33. The Morgan fingerprint density at radius 1 is 1.47 bits per heavy atom. The van der Waals surface area contributed by atoms with Gasteiger partial charge < -0.3 is 14.7 Å². The van der Waals surface area contributed by atoms with Crippen molar-refractivity contribution >= 4 is 24.3 Å². The van der Waals surface area contributed by atoms with Gasteiger partial charge in [-0.25, -0.2) is 0 Å². The van der Waals surface area contributed by atoms with E-state index in [9.17, 15) is 19.5 Å². The van der Waals surface area contributed by atoms with Gasteiger partial charge in [0.15, 0.2) is 0 Å². The average Bonchev–Trinajstić information content (AvgIpc) is 2.29. The molecule has 1 rings (SSSR count). The summed E-state index contributed by atoms with van der Waals surface area (Å²) in [6, 6.07) is 1.24. The number of aryl methyl sites for hydroxylation is 1. The van der Waals surface area contributed by atoms with Crippen LogP contribution in [0.2, 0.25) is 0 Å². The van der Waals surface area contributed by atoms with E-state index in [0.717, 1.165) is 11.8 Å². The zero-order valence-electron chi connectivity index (χ0n) is 10.9. The summed E-state index contributed by atoms with van der Waals surface area (Å²) < 4.78 is 0.846. The summed E-state index contributed by atoms with van der Waals surface area (Å²) >= 11 is 0. The number of hydrogen-bond acceptors (Lipinski definition) is 6. The second kappa shape index (κ2) is 6.08. The number of hydrogen-bond donors (Lipinski definition) is 1. The van der Waals surface area contributed by atoms with Crippen molar-refractivity contribution in [1.29, 1.82) is 0 Å². The lowest BCUT2D eigenvalue weighted by atomic mass is 9.69. The Kier molecular flexibility index (Phi) is 4.74. The minimum absolute atomic E-state index is 0.123. The van der Waals surface area contributed by atoms with Crippen molar-refractivity contribution in [1.82, 2.24) is 4.57 Å². The van der Waals surface area contributed by atoms with Gasteiger partial charge in [0.05, 0.1) is 12.2 Å². The summed E-state index contributed by atoms with van der Waals surface area (Å²) in [4.78, 5) is 34.0. The van der Waals surface area contributed by atoms with Crippen molar-refractivity contribution in [3.63, 3.8) is 0 Å². The van der Waals surface area contributed by atoms with Crippen molar-refractivity contribution in [3.8, 4) is 5.88 Å². The fraction of sp³-hybridized carbons (Fsp3) is 0.364. The number of azo groups is 1. The van der Waals surface area contributed by atoms with Gasteiger partial charge in [-0.1, -0.05) is 0 Å². The molecular formula is C11H13BN3O4. The number of rotatable bonds is 5. The second-order valence-corrected chi connectivity index (χ2v) is 3.95. The highest BCUT2D eigenvalue weighted by Crippen LogP contribution is 2.28. The van der Waals surface area contributed by atoms with Crippen LogP contribution in [0.25, 0.3) is 0 Å². The van der Waals surface area contributed by atoms with Crippen LogP contribution in [0.3, 0.4) is 0 Å². The number of aromatic hydroxyl groups is 1. The third-order valence-electron chi connectivity index (χ3n) is 2.33. The van der Waals surface area contributed by atoms with Gasteiger partial charge in [0, 0.05) is 13.1 Å². The number of nitrogens with zero attached hydrogens (tertiary/aromatic N) is 3. The maximum absolute atomic E-state index is 11.7. The standard InChI is InChI=1S/C11H13BN3O4/c1-6-4-9(18)15(5-8(17)12-7(2)16)11(19)10(6)14-13-3/h4,19H,5H2,1-3H3. The van der Waals surface area contributed by atoms with Crippen molar-refractivity contribution in [2.75, 3.05) is 7.05 Å². The van der Waals surface area contributed by atoms with Gasteiger partial charge in [-0.3, -0.25) is 9.36 Å². The maximum atomic E-state index is 11.7. The molecule has 1 aromatic rings. The highest BCUT2D eigenvalue weighted by atomic mass is 16.3. The van der Waals surface area contributed by atoms with E-state index in [0.29, 0.717) is 5.56 Å². The number of aromatic nitrogens is 1. The molecule has 0 amide bonds. The van der Waals surface area contributed by atoms with E-state index in [1.54, 1.807) is 6.92 Å². The van der Waals surface area contributed by atoms with Crippen molar-refractivity contribution in [3.05, 3.63) is 22.0 Å². The Balaban J connectivity index is 3.21. The van der Waals surface area contributed by atoms with Gasteiger partial charge in [0.2, 0.25) is 5.88 Å². The Bertz CT molecular complexity index is 607. The van der Waals surface area contributed by atoms with Crippen molar-refractivity contribution in [2.45, 2.75) is 20.4 Å². The van der Waals surface area contributed by atoms with Gasteiger partial charge in [-0.15, -0.1) is 0 Å². The predicted molar refractivity (Wildman–Crippen MR) is 69.0 cm³/mol. The van der Waals surface area contributed by atoms with Crippen LogP contribution < -0.4 is 5.56 Å². The largest absolute Gasteiger partial charge is 0.493 e. The Hall–Kier alpha value is -2.25. The van der Waals surface area contributed by atoms with Gasteiger partial charge in [0.1, 0.15) is 11.4 Å². The van der Waals surface area contributed by atoms with Crippen molar-refractivity contribution in [2.24, 2.45) is 10.2 Å². The molecule has 0 spiro atoms. The first-order chi connectivity index (χ1) is 8.86. The average molecular weight is 262 g/mol. The SMILES string of the molecule is CN=Nc1c(C)cc(=O)n(CC(=O)[B]C(C)=O)c1O. The third kappa shape index (κ3) is 3.61. The van der Waals surface area contributed by atoms with E-state index >= 15 is 0 Å². The molecule has 0 aliphatic heterocycles.